The van der Waals surface area contributed by atoms with Crippen LogP contribution in [0.15, 0.2) is 73.2 Å². The van der Waals surface area contributed by atoms with Crippen LogP contribution in [0, 0.1) is 0 Å². The van der Waals surface area contributed by atoms with Crippen molar-refractivity contribution in [2.75, 3.05) is 41.3 Å². The highest BCUT2D eigenvalue weighted by Crippen LogP contribution is 2.16. The van der Waals surface area contributed by atoms with Crippen molar-refractivity contribution in [3.63, 3.8) is 0 Å². The van der Waals surface area contributed by atoms with E-state index in [9.17, 15) is 4.79 Å². The molecular weight excluding hydrogens is 364 g/mol. The Hall–Kier alpha value is -3.74. The van der Waals surface area contributed by atoms with Crippen LogP contribution >= 0.6 is 0 Å². The van der Waals surface area contributed by atoms with Crippen molar-refractivity contribution in [3.05, 3.63) is 78.8 Å². The van der Waals surface area contributed by atoms with Crippen LogP contribution in [0.5, 0.6) is 0 Å². The van der Waals surface area contributed by atoms with Gasteiger partial charge in [-0.15, -0.1) is 0 Å². The molecule has 1 amide bonds. The molecule has 2 aromatic heterocycles. The lowest BCUT2D eigenvalue weighted by Gasteiger charge is -2.35. The maximum absolute atomic E-state index is 12.1. The normalized spacial score (nSPS) is 14.2. The zero-order valence-electron chi connectivity index (χ0n) is 16.0. The highest BCUT2D eigenvalue weighted by atomic mass is 16.1. The first kappa shape index (κ1) is 18.6. The van der Waals surface area contributed by atoms with Crippen LogP contribution in [0.1, 0.15) is 5.56 Å². The molecule has 1 aliphatic rings. The summed E-state index contributed by atoms with van der Waals surface area (Å²) in [6, 6.07) is 15.6. The fourth-order valence-corrected chi connectivity index (χ4v) is 3.15. The zero-order valence-corrected chi connectivity index (χ0v) is 16.0. The van der Waals surface area contributed by atoms with Crippen molar-refractivity contribution >= 4 is 29.4 Å². The monoisotopic (exact) mass is 386 g/mol. The fourth-order valence-electron chi connectivity index (χ4n) is 3.15. The Kier molecular flexibility index (Phi) is 5.76. The largest absolute Gasteiger partial charge is 0.353 e. The molecule has 1 saturated heterocycles. The van der Waals surface area contributed by atoms with Crippen LogP contribution in [-0.4, -0.2) is 47.0 Å². The number of carbonyl (C=O) groups is 1. The average Bonchev–Trinajstić information content (AvgIpc) is 2.80. The van der Waals surface area contributed by atoms with Crippen LogP contribution < -0.4 is 15.1 Å². The minimum absolute atomic E-state index is 0.214. The third kappa shape index (κ3) is 4.95. The van der Waals surface area contributed by atoms with E-state index in [0.717, 1.165) is 37.6 Å². The molecule has 0 atom stereocenters. The number of hydrogen-bond acceptors (Lipinski definition) is 6. The first-order chi connectivity index (χ1) is 14.3. The van der Waals surface area contributed by atoms with Crippen molar-refractivity contribution in [2.24, 2.45) is 0 Å². The summed E-state index contributed by atoms with van der Waals surface area (Å²) in [6.45, 7) is 3.37. The van der Waals surface area contributed by atoms with Crippen LogP contribution in [-0.2, 0) is 4.79 Å². The predicted octanol–water partition coefficient (Wildman–Crippen LogP) is 2.85. The van der Waals surface area contributed by atoms with Gasteiger partial charge in [-0.1, -0.05) is 36.4 Å². The van der Waals surface area contributed by atoms with Crippen LogP contribution in [0.3, 0.4) is 0 Å². The van der Waals surface area contributed by atoms with E-state index in [-0.39, 0.29) is 5.91 Å². The van der Waals surface area contributed by atoms with Gasteiger partial charge < -0.3 is 15.1 Å². The lowest BCUT2D eigenvalue weighted by atomic mass is 10.2. The number of carbonyl (C=O) groups excluding carboxylic acids is 1. The summed E-state index contributed by atoms with van der Waals surface area (Å²) in [6.07, 6.45) is 8.36. The van der Waals surface area contributed by atoms with Crippen molar-refractivity contribution in [3.8, 4) is 0 Å². The van der Waals surface area contributed by atoms with Crippen molar-refractivity contribution in [2.45, 2.75) is 0 Å². The molecule has 0 aliphatic carbocycles. The quantitative estimate of drug-likeness (QED) is 0.680. The minimum atomic E-state index is -0.214. The van der Waals surface area contributed by atoms with Gasteiger partial charge in [0.25, 0.3) is 0 Å². The number of anilines is 3. The first-order valence-electron chi connectivity index (χ1n) is 9.55. The lowest BCUT2D eigenvalue weighted by Crippen LogP contribution is -2.47. The molecule has 0 radical (unpaired) electrons. The molecule has 1 N–H and O–H groups in total. The van der Waals surface area contributed by atoms with E-state index in [2.05, 4.69) is 30.1 Å². The summed E-state index contributed by atoms with van der Waals surface area (Å²) < 4.78 is 0. The Balaban J connectivity index is 1.30. The number of nitrogens with one attached hydrogen (secondary N) is 1. The molecule has 0 spiro atoms. The molecule has 7 nitrogen and oxygen atoms in total. The standard InChI is InChI=1S/C22H22N6O/c29-21(10-9-18-6-2-1-3-7-18)26-19-16-24-22(25-17-19)28-14-12-27(13-15-28)20-8-4-5-11-23-20/h1-11,16-17H,12-15H2,(H,26,29)/b10-9+. The number of benzene rings is 1. The molecule has 3 heterocycles. The number of piperazine rings is 1. The summed E-state index contributed by atoms with van der Waals surface area (Å²) in [5.41, 5.74) is 1.54. The molecule has 146 valence electrons. The maximum atomic E-state index is 12.1. The van der Waals surface area contributed by atoms with E-state index in [1.807, 2.05) is 54.7 Å². The van der Waals surface area contributed by atoms with E-state index >= 15 is 0 Å². The Morgan fingerprint density at radius 3 is 2.24 bits per heavy atom. The Labute approximate surface area is 169 Å². The van der Waals surface area contributed by atoms with Crippen LogP contribution in [0.4, 0.5) is 17.5 Å². The zero-order chi connectivity index (χ0) is 19.9. The van der Waals surface area contributed by atoms with Gasteiger partial charge in [-0.2, -0.15) is 0 Å². The van der Waals surface area contributed by atoms with Gasteiger partial charge in [-0.25, -0.2) is 15.0 Å². The highest BCUT2D eigenvalue weighted by Gasteiger charge is 2.19. The van der Waals surface area contributed by atoms with E-state index in [1.54, 1.807) is 18.5 Å². The molecule has 7 heteroatoms. The van der Waals surface area contributed by atoms with E-state index in [1.165, 1.54) is 6.08 Å². The summed E-state index contributed by atoms with van der Waals surface area (Å²) in [5.74, 6) is 1.45. The minimum Gasteiger partial charge on any atom is -0.353 e. The molecule has 1 aliphatic heterocycles. The van der Waals surface area contributed by atoms with Crippen LogP contribution in [0.25, 0.3) is 6.08 Å². The van der Waals surface area contributed by atoms with Gasteiger partial charge in [-0.3, -0.25) is 4.79 Å². The second-order valence-electron chi connectivity index (χ2n) is 6.67. The molecular formula is C22H22N6O. The number of pyridine rings is 1. The smallest absolute Gasteiger partial charge is 0.248 e. The third-order valence-electron chi connectivity index (χ3n) is 4.67. The molecule has 1 fully saturated rings. The fraction of sp³-hybridized carbons (Fsp3) is 0.182. The molecule has 0 saturated carbocycles. The van der Waals surface area contributed by atoms with Crippen molar-refractivity contribution in [1.29, 1.82) is 0 Å². The molecule has 0 unspecified atom stereocenters. The van der Waals surface area contributed by atoms with Gasteiger partial charge in [0.2, 0.25) is 11.9 Å². The second-order valence-corrected chi connectivity index (χ2v) is 6.67. The van der Waals surface area contributed by atoms with Gasteiger partial charge in [0.15, 0.2) is 0 Å². The highest BCUT2D eigenvalue weighted by molar-refractivity contribution is 6.01. The van der Waals surface area contributed by atoms with Crippen molar-refractivity contribution in [1.82, 2.24) is 15.0 Å². The van der Waals surface area contributed by atoms with E-state index < -0.39 is 0 Å². The molecule has 4 rings (SSSR count). The van der Waals surface area contributed by atoms with Crippen LogP contribution in [0.2, 0.25) is 0 Å². The molecule has 29 heavy (non-hydrogen) atoms. The summed E-state index contributed by atoms with van der Waals surface area (Å²) >= 11 is 0. The van der Waals surface area contributed by atoms with Gasteiger partial charge in [0.05, 0.1) is 18.1 Å². The van der Waals surface area contributed by atoms with E-state index in [0.29, 0.717) is 11.6 Å². The number of rotatable bonds is 5. The third-order valence-corrected chi connectivity index (χ3v) is 4.67. The number of nitrogens with zero attached hydrogens (tertiary/aromatic N) is 5. The summed E-state index contributed by atoms with van der Waals surface area (Å²) in [7, 11) is 0. The Morgan fingerprint density at radius 1 is 0.862 bits per heavy atom. The number of hydrogen-bond donors (Lipinski definition) is 1. The Bertz CT molecular complexity index is 952. The molecule has 0 bridgehead atoms. The topological polar surface area (TPSA) is 74.2 Å². The maximum Gasteiger partial charge on any atom is 0.248 e. The summed E-state index contributed by atoms with van der Waals surface area (Å²) in [4.78, 5) is 29.7. The Morgan fingerprint density at radius 2 is 1.55 bits per heavy atom. The van der Waals surface area contributed by atoms with Gasteiger partial charge in [-0.05, 0) is 23.8 Å². The number of amides is 1. The SMILES string of the molecule is O=C(/C=C/c1ccccc1)Nc1cnc(N2CCN(c3ccccn3)CC2)nc1. The molecule has 3 aromatic rings. The van der Waals surface area contributed by atoms with Gasteiger partial charge in [0.1, 0.15) is 5.82 Å². The first-order valence-corrected chi connectivity index (χ1v) is 9.55. The predicted molar refractivity (Wildman–Crippen MR) is 115 cm³/mol. The summed E-state index contributed by atoms with van der Waals surface area (Å²) in [5, 5.41) is 2.79. The second kappa shape index (κ2) is 8.97. The van der Waals surface area contributed by atoms with Gasteiger partial charge in [0, 0.05) is 38.5 Å². The average molecular weight is 386 g/mol. The molecule has 1 aromatic carbocycles. The van der Waals surface area contributed by atoms with Gasteiger partial charge >= 0.3 is 0 Å². The van der Waals surface area contributed by atoms with E-state index in [4.69, 9.17) is 0 Å². The lowest BCUT2D eigenvalue weighted by molar-refractivity contribution is -0.111. The van der Waals surface area contributed by atoms with Crippen molar-refractivity contribution < 1.29 is 4.79 Å². The number of aromatic nitrogens is 3.